The van der Waals surface area contributed by atoms with Gasteiger partial charge in [-0.3, -0.25) is 14.8 Å². The fourth-order valence-electron chi connectivity index (χ4n) is 3.75. The molecular weight excluding hydrogens is 336 g/mol. The Kier molecular flexibility index (Phi) is 5.03. The predicted molar refractivity (Wildman–Crippen MR) is 107 cm³/mol. The number of hydrogen-bond acceptors (Lipinski definition) is 3. The van der Waals surface area contributed by atoms with E-state index >= 15 is 0 Å². The van der Waals surface area contributed by atoms with Crippen molar-refractivity contribution >= 4 is 5.91 Å². The maximum atomic E-state index is 12.1. The highest BCUT2D eigenvalue weighted by Crippen LogP contribution is 2.27. The van der Waals surface area contributed by atoms with E-state index in [-0.39, 0.29) is 11.9 Å². The minimum Gasteiger partial charge on any atom is -0.353 e. The molecule has 2 heterocycles. The molecule has 3 aromatic rings. The van der Waals surface area contributed by atoms with Gasteiger partial charge in [0.15, 0.2) is 0 Å². The Morgan fingerprint density at radius 2 is 1.74 bits per heavy atom. The second-order valence-corrected chi connectivity index (χ2v) is 6.90. The van der Waals surface area contributed by atoms with E-state index in [1.165, 1.54) is 11.1 Å². The van der Waals surface area contributed by atoms with E-state index in [9.17, 15) is 4.79 Å². The number of nitrogens with one attached hydrogen (secondary N) is 2. The van der Waals surface area contributed by atoms with Crippen LogP contribution in [0.3, 0.4) is 0 Å². The predicted octanol–water partition coefficient (Wildman–Crippen LogP) is 3.45. The first-order valence-corrected chi connectivity index (χ1v) is 9.46. The molecule has 1 atom stereocenters. The molecule has 1 aliphatic rings. The third-order valence-corrected chi connectivity index (χ3v) is 5.20. The van der Waals surface area contributed by atoms with Gasteiger partial charge in [0.25, 0.3) is 0 Å². The van der Waals surface area contributed by atoms with E-state index in [1.54, 1.807) is 0 Å². The molecule has 2 N–H and O–H groups in total. The fourth-order valence-corrected chi connectivity index (χ4v) is 3.75. The summed E-state index contributed by atoms with van der Waals surface area (Å²) in [6.07, 6.45) is 2.68. The van der Waals surface area contributed by atoms with Gasteiger partial charge in [-0.05, 0) is 23.1 Å². The highest BCUT2D eigenvalue weighted by molar-refractivity contribution is 5.82. The molecule has 4 rings (SSSR count). The van der Waals surface area contributed by atoms with Crippen LogP contribution in [0.25, 0.3) is 22.4 Å². The molecular formula is C22H24N4O. The van der Waals surface area contributed by atoms with Gasteiger partial charge in [0, 0.05) is 25.2 Å². The molecule has 1 aromatic heterocycles. The first kappa shape index (κ1) is 17.5. The average molecular weight is 360 g/mol. The molecule has 138 valence electrons. The van der Waals surface area contributed by atoms with Gasteiger partial charge in [0.05, 0.1) is 17.9 Å². The van der Waals surface area contributed by atoms with Gasteiger partial charge in [-0.25, -0.2) is 0 Å². The van der Waals surface area contributed by atoms with Crippen molar-refractivity contribution < 1.29 is 4.79 Å². The highest BCUT2D eigenvalue weighted by Gasteiger charge is 2.28. The zero-order chi connectivity index (χ0) is 18.6. The van der Waals surface area contributed by atoms with Crippen molar-refractivity contribution in [2.24, 2.45) is 0 Å². The lowest BCUT2D eigenvalue weighted by atomic mass is 10.0. The van der Waals surface area contributed by atoms with E-state index in [0.29, 0.717) is 6.54 Å². The number of H-pyrrole nitrogens is 1. The van der Waals surface area contributed by atoms with Crippen LogP contribution in [0.1, 0.15) is 18.9 Å². The number of carbonyl (C=O) groups is 1. The van der Waals surface area contributed by atoms with Crippen LogP contribution in [-0.2, 0) is 11.3 Å². The average Bonchev–Trinajstić information content (AvgIpc) is 3.17. The molecule has 1 amide bonds. The Morgan fingerprint density at radius 3 is 2.48 bits per heavy atom. The largest absolute Gasteiger partial charge is 0.353 e. The third kappa shape index (κ3) is 3.64. The minimum absolute atomic E-state index is 0.0676. The summed E-state index contributed by atoms with van der Waals surface area (Å²) in [5.74, 6) is 0.126. The second-order valence-electron chi connectivity index (χ2n) is 6.90. The lowest BCUT2D eigenvalue weighted by molar-refractivity contribution is -0.129. The molecule has 5 nitrogen and oxygen atoms in total. The van der Waals surface area contributed by atoms with Crippen LogP contribution in [0.5, 0.6) is 0 Å². The Morgan fingerprint density at radius 1 is 1.04 bits per heavy atom. The van der Waals surface area contributed by atoms with Crippen molar-refractivity contribution in [2.75, 3.05) is 13.1 Å². The molecule has 2 aromatic carbocycles. The van der Waals surface area contributed by atoms with E-state index in [0.717, 1.165) is 36.3 Å². The van der Waals surface area contributed by atoms with E-state index in [4.69, 9.17) is 0 Å². The van der Waals surface area contributed by atoms with Crippen LogP contribution in [0.2, 0.25) is 0 Å². The molecule has 0 bridgehead atoms. The van der Waals surface area contributed by atoms with Crippen molar-refractivity contribution in [3.63, 3.8) is 0 Å². The molecule has 0 spiro atoms. The molecule has 1 unspecified atom stereocenters. The zero-order valence-electron chi connectivity index (χ0n) is 15.5. The monoisotopic (exact) mass is 360 g/mol. The van der Waals surface area contributed by atoms with Crippen LogP contribution in [0, 0.1) is 0 Å². The summed E-state index contributed by atoms with van der Waals surface area (Å²) in [6, 6.07) is 18.8. The molecule has 0 saturated carbocycles. The summed E-state index contributed by atoms with van der Waals surface area (Å²) in [5.41, 5.74) is 5.65. The van der Waals surface area contributed by atoms with Crippen molar-refractivity contribution in [3.05, 3.63) is 66.4 Å². The Hall–Kier alpha value is -2.92. The maximum absolute atomic E-state index is 12.1. The smallest absolute Gasteiger partial charge is 0.237 e. The van der Waals surface area contributed by atoms with Gasteiger partial charge in [-0.2, -0.15) is 5.10 Å². The number of nitrogens with zero attached hydrogens (tertiary/aromatic N) is 2. The number of amides is 1. The van der Waals surface area contributed by atoms with E-state index < -0.39 is 0 Å². The Balaban J connectivity index is 1.56. The number of hydrogen-bond donors (Lipinski definition) is 2. The van der Waals surface area contributed by atoms with E-state index in [1.807, 2.05) is 12.3 Å². The van der Waals surface area contributed by atoms with Crippen molar-refractivity contribution in [2.45, 2.75) is 25.9 Å². The van der Waals surface area contributed by atoms with Crippen molar-refractivity contribution in [1.82, 2.24) is 20.4 Å². The first-order chi connectivity index (χ1) is 13.3. The molecule has 0 radical (unpaired) electrons. The van der Waals surface area contributed by atoms with Gasteiger partial charge in [0.2, 0.25) is 5.91 Å². The summed E-state index contributed by atoms with van der Waals surface area (Å²) in [6.45, 7) is 4.34. The second kappa shape index (κ2) is 7.76. The SMILES string of the molecule is CCC1C(=O)NCCN1Cc1cn[nH]c1-c1ccc(-c2ccccc2)cc1. The number of carbonyl (C=O) groups excluding carboxylic acids is 1. The summed E-state index contributed by atoms with van der Waals surface area (Å²) >= 11 is 0. The molecule has 0 aliphatic carbocycles. The topological polar surface area (TPSA) is 61.0 Å². The van der Waals surface area contributed by atoms with Crippen molar-refractivity contribution in [3.8, 4) is 22.4 Å². The molecule has 1 aliphatic heterocycles. The third-order valence-electron chi connectivity index (χ3n) is 5.20. The molecule has 27 heavy (non-hydrogen) atoms. The van der Waals surface area contributed by atoms with E-state index in [2.05, 4.69) is 75.9 Å². The minimum atomic E-state index is -0.0676. The van der Waals surface area contributed by atoms with Crippen LogP contribution < -0.4 is 5.32 Å². The number of rotatable bonds is 5. The molecule has 1 fully saturated rings. The van der Waals surface area contributed by atoms with Gasteiger partial charge >= 0.3 is 0 Å². The summed E-state index contributed by atoms with van der Waals surface area (Å²) in [5, 5.41) is 10.4. The Bertz CT molecular complexity index is 902. The lowest BCUT2D eigenvalue weighted by Crippen LogP contribution is -2.54. The van der Waals surface area contributed by atoms with Crippen LogP contribution in [0.4, 0.5) is 0 Å². The zero-order valence-corrected chi connectivity index (χ0v) is 15.5. The number of aromatic nitrogens is 2. The van der Waals surface area contributed by atoms with Crippen LogP contribution in [-0.4, -0.2) is 40.1 Å². The Labute approximate surface area is 159 Å². The summed E-state index contributed by atoms with van der Waals surface area (Å²) in [7, 11) is 0. The van der Waals surface area contributed by atoms with Crippen molar-refractivity contribution in [1.29, 1.82) is 0 Å². The highest BCUT2D eigenvalue weighted by atomic mass is 16.2. The van der Waals surface area contributed by atoms with Crippen LogP contribution in [0.15, 0.2) is 60.8 Å². The first-order valence-electron chi connectivity index (χ1n) is 9.46. The normalized spacial score (nSPS) is 17.7. The van der Waals surface area contributed by atoms with Gasteiger partial charge in [0.1, 0.15) is 0 Å². The van der Waals surface area contributed by atoms with Crippen LogP contribution >= 0.6 is 0 Å². The van der Waals surface area contributed by atoms with Gasteiger partial charge in [-0.15, -0.1) is 0 Å². The summed E-state index contributed by atoms with van der Waals surface area (Å²) < 4.78 is 0. The van der Waals surface area contributed by atoms with Gasteiger partial charge in [-0.1, -0.05) is 61.5 Å². The lowest BCUT2D eigenvalue weighted by Gasteiger charge is -2.34. The summed E-state index contributed by atoms with van der Waals surface area (Å²) in [4.78, 5) is 14.4. The number of benzene rings is 2. The standard InChI is InChI=1S/C22H24N4O/c1-2-20-22(27)23-12-13-26(20)15-19-14-24-25-21(19)18-10-8-17(9-11-18)16-6-4-3-5-7-16/h3-11,14,20H,2,12-13,15H2,1H3,(H,23,27)(H,24,25). The maximum Gasteiger partial charge on any atom is 0.237 e. The molecule has 5 heteroatoms. The quantitative estimate of drug-likeness (QED) is 0.733. The number of aromatic amines is 1. The molecule has 1 saturated heterocycles. The number of piperazine rings is 1. The van der Waals surface area contributed by atoms with Gasteiger partial charge < -0.3 is 5.32 Å². The fraction of sp³-hybridized carbons (Fsp3) is 0.273.